The van der Waals surface area contributed by atoms with Crippen LogP contribution in [0.1, 0.15) is 29.3 Å². The molecule has 26 heavy (non-hydrogen) atoms. The maximum atomic E-state index is 11.6. The summed E-state index contributed by atoms with van der Waals surface area (Å²) >= 11 is 5.31. The highest BCUT2D eigenvalue weighted by atomic mass is 32.1. The number of carbonyl (C=O) groups is 1. The van der Waals surface area contributed by atoms with Crippen LogP contribution in [0.3, 0.4) is 0 Å². The van der Waals surface area contributed by atoms with E-state index in [9.17, 15) is 4.79 Å². The SMILES string of the molecule is CCOc1ccccc1CCCNC(=S)Nc1cccc(C(=O)OC)c1. The van der Waals surface area contributed by atoms with Crippen molar-refractivity contribution in [3.05, 3.63) is 59.7 Å². The summed E-state index contributed by atoms with van der Waals surface area (Å²) in [6.45, 7) is 3.38. The highest BCUT2D eigenvalue weighted by Gasteiger charge is 2.06. The molecular weight excluding hydrogens is 348 g/mol. The van der Waals surface area contributed by atoms with Gasteiger partial charge < -0.3 is 20.1 Å². The van der Waals surface area contributed by atoms with Crippen LogP contribution in [0.2, 0.25) is 0 Å². The second kappa shape index (κ2) is 10.4. The molecule has 0 saturated carbocycles. The predicted octanol–water partition coefficient (Wildman–Crippen LogP) is 3.79. The first-order valence-corrected chi connectivity index (χ1v) is 8.98. The number of thiocarbonyl (C=S) groups is 1. The van der Waals surface area contributed by atoms with E-state index in [0.29, 0.717) is 17.3 Å². The van der Waals surface area contributed by atoms with E-state index < -0.39 is 0 Å². The normalized spacial score (nSPS) is 10.1. The quantitative estimate of drug-likeness (QED) is 0.418. The molecule has 2 rings (SSSR count). The molecule has 2 N–H and O–H groups in total. The molecule has 138 valence electrons. The lowest BCUT2D eigenvalue weighted by Crippen LogP contribution is -2.29. The summed E-state index contributed by atoms with van der Waals surface area (Å²) in [7, 11) is 1.36. The number of ether oxygens (including phenoxy) is 2. The Kier molecular flexibility index (Phi) is 7.89. The molecule has 0 heterocycles. The van der Waals surface area contributed by atoms with Crippen LogP contribution in [0.5, 0.6) is 5.75 Å². The first kappa shape index (κ1) is 19.7. The Morgan fingerprint density at radius 1 is 1.15 bits per heavy atom. The zero-order valence-electron chi connectivity index (χ0n) is 15.1. The second-order valence-electron chi connectivity index (χ2n) is 5.60. The number of nitrogens with one attached hydrogen (secondary N) is 2. The third-order valence-electron chi connectivity index (χ3n) is 3.72. The molecule has 0 aliphatic carbocycles. The van der Waals surface area contributed by atoms with Gasteiger partial charge in [-0.2, -0.15) is 0 Å². The first-order chi connectivity index (χ1) is 12.6. The van der Waals surface area contributed by atoms with Gasteiger partial charge in [0.25, 0.3) is 0 Å². The summed E-state index contributed by atoms with van der Waals surface area (Å²) in [4.78, 5) is 11.6. The number of benzene rings is 2. The average Bonchev–Trinajstić information content (AvgIpc) is 2.66. The summed E-state index contributed by atoms with van der Waals surface area (Å²) in [5.74, 6) is 0.566. The van der Waals surface area contributed by atoms with E-state index in [2.05, 4.69) is 16.7 Å². The molecule has 0 atom stereocenters. The van der Waals surface area contributed by atoms with Gasteiger partial charge in [-0.3, -0.25) is 0 Å². The molecule has 0 spiro atoms. The molecule has 0 aromatic heterocycles. The number of esters is 1. The number of aryl methyl sites for hydroxylation is 1. The molecule has 5 nitrogen and oxygen atoms in total. The van der Waals surface area contributed by atoms with E-state index in [1.54, 1.807) is 18.2 Å². The zero-order valence-corrected chi connectivity index (χ0v) is 15.9. The van der Waals surface area contributed by atoms with E-state index in [0.717, 1.165) is 30.8 Å². The lowest BCUT2D eigenvalue weighted by Gasteiger charge is -2.12. The number of methoxy groups -OCH3 is 1. The molecule has 0 bridgehead atoms. The van der Waals surface area contributed by atoms with Crippen LogP contribution in [-0.4, -0.2) is 31.3 Å². The van der Waals surface area contributed by atoms with Gasteiger partial charge in [-0.25, -0.2) is 4.79 Å². The highest BCUT2D eigenvalue weighted by molar-refractivity contribution is 7.80. The molecule has 0 fully saturated rings. The second-order valence-corrected chi connectivity index (χ2v) is 6.01. The van der Waals surface area contributed by atoms with Crippen molar-refractivity contribution in [1.82, 2.24) is 5.32 Å². The maximum absolute atomic E-state index is 11.6. The van der Waals surface area contributed by atoms with E-state index in [-0.39, 0.29) is 5.97 Å². The first-order valence-electron chi connectivity index (χ1n) is 8.58. The third-order valence-corrected chi connectivity index (χ3v) is 3.97. The topological polar surface area (TPSA) is 59.6 Å². The van der Waals surface area contributed by atoms with E-state index in [1.807, 2.05) is 31.2 Å². The lowest BCUT2D eigenvalue weighted by molar-refractivity contribution is 0.0601. The van der Waals surface area contributed by atoms with Gasteiger partial charge in [0.2, 0.25) is 0 Å². The molecular formula is C20H24N2O3S. The summed E-state index contributed by atoms with van der Waals surface area (Å²) in [6.07, 6.45) is 1.83. The molecule has 0 aliphatic rings. The minimum absolute atomic E-state index is 0.375. The van der Waals surface area contributed by atoms with E-state index >= 15 is 0 Å². The number of hydrogen-bond donors (Lipinski definition) is 2. The minimum Gasteiger partial charge on any atom is -0.494 e. The fourth-order valence-electron chi connectivity index (χ4n) is 2.50. The van der Waals surface area contributed by atoms with Crippen molar-refractivity contribution < 1.29 is 14.3 Å². The molecule has 2 aromatic rings. The smallest absolute Gasteiger partial charge is 0.337 e. The number of carbonyl (C=O) groups excluding carboxylic acids is 1. The van der Waals surface area contributed by atoms with Gasteiger partial charge in [-0.1, -0.05) is 24.3 Å². The van der Waals surface area contributed by atoms with Crippen LogP contribution in [0.25, 0.3) is 0 Å². The van der Waals surface area contributed by atoms with Crippen molar-refractivity contribution in [2.45, 2.75) is 19.8 Å². The Morgan fingerprint density at radius 2 is 1.96 bits per heavy atom. The number of hydrogen-bond acceptors (Lipinski definition) is 4. The largest absolute Gasteiger partial charge is 0.494 e. The third kappa shape index (κ3) is 6.04. The lowest BCUT2D eigenvalue weighted by atomic mass is 10.1. The van der Waals surface area contributed by atoms with Gasteiger partial charge in [0.1, 0.15) is 5.75 Å². The van der Waals surface area contributed by atoms with Gasteiger partial charge in [0, 0.05) is 12.2 Å². The van der Waals surface area contributed by atoms with Crippen LogP contribution >= 0.6 is 12.2 Å². The Morgan fingerprint density at radius 3 is 2.73 bits per heavy atom. The Balaban J connectivity index is 1.78. The molecule has 2 aromatic carbocycles. The van der Waals surface area contributed by atoms with Crippen LogP contribution in [0.15, 0.2) is 48.5 Å². The van der Waals surface area contributed by atoms with Crippen molar-refractivity contribution in [3.8, 4) is 5.75 Å². The molecule has 6 heteroatoms. The van der Waals surface area contributed by atoms with Gasteiger partial charge in [0.15, 0.2) is 5.11 Å². The average molecular weight is 372 g/mol. The highest BCUT2D eigenvalue weighted by Crippen LogP contribution is 2.19. The van der Waals surface area contributed by atoms with Crippen molar-refractivity contribution in [2.24, 2.45) is 0 Å². The number of anilines is 1. The Hall–Kier alpha value is -2.60. The van der Waals surface area contributed by atoms with Gasteiger partial charge in [0.05, 0.1) is 19.3 Å². The standard InChI is InChI=1S/C20H24N2O3S/c1-3-25-18-12-5-4-8-15(18)10-7-13-21-20(26)22-17-11-6-9-16(14-17)19(23)24-2/h4-6,8-9,11-12,14H,3,7,10,13H2,1-2H3,(H2,21,22,26). The van der Waals surface area contributed by atoms with Crippen molar-refractivity contribution in [1.29, 1.82) is 0 Å². The number of para-hydroxylation sites is 1. The summed E-state index contributed by atoms with van der Waals surface area (Å²) in [6, 6.07) is 15.1. The summed E-state index contributed by atoms with van der Waals surface area (Å²) in [5.41, 5.74) is 2.42. The van der Waals surface area contributed by atoms with E-state index in [4.69, 9.17) is 21.7 Å². The zero-order chi connectivity index (χ0) is 18.8. The molecule has 0 radical (unpaired) electrons. The fraction of sp³-hybridized carbons (Fsp3) is 0.300. The fourth-order valence-corrected chi connectivity index (χ4v) is 2.72. The Labute approximate surface area is 159 Å². The van der Waals surface area contributed by atoms with Gasteiger partial charge in [-0.15, -0.1) is 0 Å². The summed E-state index contributed by atoms with van der Waals surface area (Å²) < 4.78 is 10.4. The molecule has 0 unspecified atom stereocenters. The van der Waals surface area contributed by atoms with Crippen LogP contribution in [0, 0.1) is 0 Å². The maximum Gasteiger partial charge on any atom is 0.337 e. The van der Waals surface area contributed by atoms with E-state index in [1.165, 1.54) is 12.7 Å². The molecule has 0 amide bonds. The Bertz CT molecular complexity index is 749. The van der Waals surface area contributed by atoms with Crippen LogP contribution < -0.4 is 15.4 Å². The number of rotatable bonds is 8. The van der Waals surface area contributed by atoms with Crippen molar-refractivity contribution in [3.63, 3.8) is 0 Å². The minimum atomic E-state index is -0.375. The predicted molar refractivity (Wildman–Crippen MR) is 108 cm³/mol. The van der Waals surface area contributed by atoms with Crippen molar-refractivity contribution >= 4 is 29.0 Å². The van der Waals surface area contributed by atoms with Crippen LogP contribution in [-0.2, 0) is 11.2 Å². The van der Waals surface area contributed by atoms with Gasteiger partial charge >= 0.3 is 5.97 Å². The van der Waals surface area contributed by atoms with Crippen molar-refractivity contribution in [2.75, 3.05) is 25.6 Å². The summed E-state index contributed by atoms with van der Waals surface area (Å²) in [5, 5.41) is 6.78. The molecule has 0 aliphatic heterocycles. The monoisotopic (exact) mass is 372 g/mol. The molecule has 0 saturated heterocycles. The van der Waals surface area contributed by atoms with Crippen LogP contribution in [0.4, 0.5) is 5.69 Å². The van der Waals surface area contributed by atoms with Gasteiger partial charge in [-0.05, 0) is 61.8 Å².